The molecule has 1 amide bonds. The van der Waals surface area contributed by atoms with Crippen molar-refractivity contribution in [3.05, 3.63) is 45.4 Å². The van der Waals surface area contributed by atoms with E-state index in [1.165, 1.54) is 11.8 Å². The van der Waals surface area contributed by atoms with Gasteiger partial charge >= 0.3 is 0 Å². The molecule has 0 radical (unpaired) electrons. The number of hydrogen-bond acceptors (Lipinski definition) is 7. The summed E-state index contributed by atoms with van der Waals surface area (Å²) in [6.07, 6.45) is 2.89. The molecule has 1 N–H and O–H groups in total. The van der Waals surface area contributed by atoms with Crippen LogP contribution in [0.1, 0.15) is 23.5 Å². The van der Waals surface area contributed by atoms with Gasteiger partial charge in [0.25, 0.3) is 5.22 Å². The smallest absolute Gasteiger partial charge is 0.277 e. The zero-order chi connectivity index (χ0) is 19.1. The minimum atomic E-state index is -0.0451. The Labute approximate surface area is 170 Å². The molecular formula is C18H19ClN4O2S2. The van der Waals surface area contributed by atoms with E-state index in [2.05, 4.69) is 25.9 Å². The zero-order valence-corrected chi connectivity index (χ0v) is 17.2. The van der Waals surface area contributed by atoms with Gasteiger partial charge in [0.15, 0.2) is 0 Å². The lowest BCUT2D eigenvalue weighted by Gasteiger charge is -2.03. The number of halogens is 1. The average Bonchev–Trinajstić information content (AvgIpc) is 3.29. The number of nitrogens with one attached hydrogen (secondary N) is 1. The van der Waals surface area contributed by atoms with Gasteiger partial charge in [0.2, 0.25) is 11.8 Å². The van der Waals surface area contributed by atoms with Crippen LogP contribution >= 0.6 is 34.7 Å². The molecule has 2 heterocycles. The zero-order valence-electron chi connectivity index (χ0n) is 14.8. The second-order valence-electron chi connectivity index (χ2n) is 5.86. The lowest BCUT2D eigenvalue weighted by Crippen LogP contribution is -2.26. The van der Waals surface area contributed by atoms with E-state index in [1.807, 2.05) is 19.1 Å². The van der Waals surface area contributed by atoms with Gasteiger partial charge in [0.1, 0.15) is 0 Å². The minimum Gasteiger partial charge on any atom is -0.411 e. The fraction of sp³-hybridized carbons (Fsp3) is 0.333. The van der Waals surface area contributed by atoms with Crippen molar-refractivity contribution >= 4 is 40.6 Å². The van der Waals surface area contributed by atoms with Crippen molar-refractivity contribution in [2.45, 2.75) is 31.4 Å². The molecule has 0 aliphatic heterocycles. The summed E-state index contributed by atoms with van der Waals surface area (Å²) in [7, 11) is 0. The summed E-state index contributed by atoms with van der Waals surface area (Å²) in [6, 6.07) is 7.14. The molecule has 0 aliphatic carbocycles. The van der Waals surface area contributed by atoms with Crippen LogP contribution < -0.4 is 5.32 Å². The van der Waals surface area contributed by atoms with Crippen LogP contribution in [0.25, 0.3) is 11.5 Å². The van der Waals surface area contributed by atoms with Crippen LogP contribution in [-0.4, -0.2) is 33.4 Å². The van der Waals surface area contributed by atoms with Crippen LogP contribution in [0.4, 0.5) is 0 Å². The Morgan fingerprint density at radius 2 is 2.07 bits per heavy atom. The number of amides is 1. The van der Waals surface area contributed by atoms with Gasteiger partial charge in [0, 0.05) is 28.2 Å². The van der Waals surface area contributed by atoms with Gasteiger partial charge in [-0.15, -0.1) is 21.5 Å². The van der Waals surface area contributed by atoms with Gasteiger partial charge in [-0.1, -0.05) is 23.4 Å². The number of benzene rings is 1. The Balaban J connectivity index is 1.34. The van der Waals surface area contributed by atoms with E-state index >= 15 is 0 Å². The summed E-state index contributed by atoms with van der Waals surface area (Å²) in [5, 5.41) is 15.1. The molecule has 0 spiro atoms. The third kappa shape index (κ3) is 6.34. The van der Waals surface area contributed by atoms with Crippen LogP contribution in [0.5, 0.6) is 0 Å². The first kappa shape index (κ1) is 19.9. The van der Waals surface area contributed by atoms with Crippen molar-refractivity contribution in [2.75, 3.05) is 12.3 Å². The van der Waals surface area contributed by atoms with Crippen LogP contribution in [0.3, 0.4) is 0 Å². The normalized spacial score (nSPS) is 10.9. The Morgan fingerprint density at radius 1 is 1.26 bits per heavy atom. The Morgan fingerprint density at radius 3 is 2.81 bits per heavy atom. The number of unbranched alkanes of at least 4 members (excludes halogenated alkanes) is 1. The molecule has 0 saturated carbocycles. The molecule has 0 aliphatic rings. The summed E-state index contributed by atoms with van der Waals surface area (Å²) in [4.78, 5) is 16.4. The summed E-state index contributed by atoms with van der Waals surface area (Å²) >= 11 is 8.78. The SMILES string of the molecule is Cc1csc(CCCCNC(=O)CSc2nnc(-c3ccc(Cl)cc3)o2)n1. The van der Waals surface area contributed by atoms with Crippen molar-refractivity contribution < 1.29 is 9.21 Å². The molecule has 9 heteroatoms. The molecule has 0 saturated heterocycles. The number of hydrogen-bond donors (Lipinski definition) is 1. The molecule has 142 valence electrons. The fourth-order valence-electron chi connectivity index (χ4n) is 2.30. The molecule has 0 unspecified atom stereocenters. The highest BCUT2D eigenvalue weighted by molar-refractivity contribution is 7.99. The molecule has 3 rings (SSSR count). The van der Waals surface area contributed by atoms with E-state index in [0.717, 1.165) is 35.5 Å². The third-order valence-corrected chi connectivity index (χ3v) is 5.73. The van der Waals surface area contributed by atoms with Crippen molar-refractivity contribution in [1.29, 1.82) is 0 Å². The van der Waals surface area contributed by atoms with Gasteiger partial charge in [0.05, 0.1) is 10.8 Å². The van der Waals surface area contributed by atoms with Gasteiger partial charge in [-0.3, -0.25) is 4.79 Å². The van der Waals surface area contributed by atoms with Gasteiger partial charge < -0.3 is 9.73 Å². The monoisotopic (exact) mass is 422 g/mol. The molecule has 2 aromatic heterocycles. The van der Waals surface area contributed by atoms with Gasteiger partial charge in [-0.25, -0.2) is 4.98 Å². The van der Waals surface area contributed by atoms with E-state index in [1.54, 1.807) is 23.5 Å². The topological polar surface area (TPSA) is 80.9 Å². The quantitative estimate of drug-likeness (QED) is 0.407. The van der Waals surface area contributed by atoms with Crippen molar-refractivity contribution in [1.82, 2.24) is 20.5 Å². The van der Waals surface area contributed by atoms with Crippen LogP contribution in [0.2, 0.25) is 5.02 Å². The first-order valence-corrected chi connectivity index (χ1v) is 10.7. The fourth-order valence-corrected chi connectivity index (χ4v) is 3.84. The van der Waals surface area contributed by atoms with Gasteiger partial charge in [-0.2, -0.15) is 0 Å². The van der Waals surface area contributed by atoms with E-state index in [9.17, 15) is 4.79 Å². The largest absolute Gasteiger partial charge is 0.411 e. The summed E-state index contributed by atoms with van der Waals surface area (Å²) in [5.41, 5.74) is 1.86. The highest BCUT2D eigenvalue weighted by atomic mass is 35.5. The first-order chi connectivity index (χ1) is 13.1. The molecule has 0 atom stereocenters. The summed E-state index contributed by atoms with van der Waals surface area (Å²) < 4.78 is 5.57. The van der Waals surface area contributed by atoms with E-state index in [-0.39, 0.29) is 11.7 Å². The van der Waals surface area contributed by atoms with E-state index in [4.69, 9.17) is 16.0 Å². The maximum atomic E-state index is 11.9. The maximum absolute atomic E-state index is 11.9. The van der Waals surface area contributed by atoms with E-state index < -0.39 is 0 Å². The molecule has 0 bridgehead atoms. The molecule has 3 aromatic rings. The number of thiazole rings is 1. The first-order valence-electron chi connectivity index (χ1n) is 8.50. The number of carbonyl (C=O) groups excluding carboxylic acids is 1. The van der Waals surface area contributed by atoms with Gasteiger partial charge in [-0.05, 0) is 50.5 Å². The highest BCUT2D eigenvalue weighted by Gasteiger charge is 2.11. The molecule has 1 aromatic carbocycles. The Hall–Kier alpha value is -1.90. The lowest BCUT2D eigenvalue weighted by atomic mass is 10.2. The Kier molecular flexibility index (Phi) is 7.25. The van der Waals surface area contributed by atoms with Crippen molar-refractivity contribution in [3.8, 4) is 11.5 Å². The van der Waals surface area contributed by atoms with Crippen LogP contribution in [-0.2, 0) is 11.2 Å². The van der Waals surface area contributed by atoms with E-state index in [0.29, 0.717) is 22.7 Å². The number of aryl methyl sites for hydroxylation is 2. The number of aromatic nitrogens is 3. The highest BCUT2D eigenvalue weighted by Crippen LogP contribution is 2.24. The van der Waals surface area contributed by atoms with Crippen LogP contribution in [0.15, 0.2) is 39.3 Å². The predicted molar refractivity (Wildman–Crippen MR) is 108 cm³/mol. The molecule has 6 nitrogen and oxygen atoms in total. The number of rotatable bonds is 9. The minimum absolute atomic E-state index is 0.0451. The number of carbonyl (C=O) groups is 1. The lowest BCUT2D eigenvalue weighted by molar-refractivity contribution is -0.118. The van der Waals surface area contributed by atoms with Crippen LogP contribution in [0, 0.1) is 6.92 Å². The maximum Gasteiger partial charge on any atom is 0.277 e. The molecule has 0 fully saturated rings. The second kappa shape index (κ2) is 9.87. The van der Waals surface area contributed by atoms with Crippen molar-refractivity contribution in [3.63, 3.8) is 0 Å². The van der Waals surface area contributed by atoms with Crippen molar-refractivity contribution in [2.24, 2.45) is 0 Å². The second-order valence-corrected chi connectivity index (χ2v) is 8.16. The third-order valence-electron chi connectivity index (χ3n) is 3.63. The summed E-state index contributed by atoms with van der Waals surface area (Å²) in [6.45, 7) is 2.66. The summed E-state index contributed by atoms with van der Waals surface area (Å²) in [5.74, 6) is 0.608. The average molecular weight is 423 g/mol. The number of thioether (sulfide) groups is 1. The molecule has 27 heavy (non-hydrogen) atoms. The Bertz CT molecular complexity index is 880. The number of nitrogens with zero attached hydrogens (tertiary/aromatic N) is 3. The predicted octanol–water partition coefficient (Wildman–Crippen LogP) is 4.39. The molecular weight excluding hydrogens is 404 g/mol. The standard InChI is InChI=1S/C18H19ClN4O2S2/c1-12-10-26-16(21-12)4-2-3-9-20-15(24)11-27-18-23-22-17(25-18)13-5-7-14(19)8-6-13/h5-8,10H,2-4,9,11H2,1H3,(H,20,24).